The van der Waals surface area contributed by atoms with Crippen molar-refractivity contribution in [1.82, 2.24) is 0 Å². The Labute approximate surface area is 338 Å². The zero-order valence-electron chi connectivity index (χ0n) is 35.8. The molecule has 0 aliphatic carbocycles. The van der Waals surface area contributed by atoms with Crippen LogP contribution >= 0.6 is 7.82 Å². The van der Waals surface area contributed by atoms with Gasteiger partial charge in [0.25, 0.3) is 7.82 Å². The summed E-state index contributed by atoms with van der Waals surface area (Å²) in [6.45, 7) is 5.13. The largest absolute Gasteiger partial charge is 0.756 e. The summed E-state index contributed by atoms with van der Waals surface area (Å²) >= 11 is 0. The first kappa shape index (κ1) is 52.9. The number of hydrogen-bond acceptors (Lipinski definition) is 7. The number of unbranched alkanes of at least 4 members (excludes halogenated alkanes) is 13. The number of ether oxygens (including phenoxy) is 2. The number of hydrogen-bond donors (Lipinski definition) is 0. The van der Waals surface area contributed by atoms with Crippen LogP contribution in [0.25, 0.3) is 0 Å². The molecule has 0 aliphatic heterocycles. The number of rotatable bonds is 39. The van der Waals surface area contributed by atoms with Crippen molar-refractivity contribution >= 4 is 13.8 Å². The number of phosphoric ester groups is 1. The van der Waals surface area contributed by atoms with E-state index in [1.807, 2.05) is 21.1 Å². The van der Waals surface area contributed by atoms with E-state index in [0.29, 0.717) is 17.6 Å². The molecule has 0 spiro atoms. The molecule has 0 saturated heterocycles. The third-order valence-corrected chi connectivity index (χ3v) is 9.72. The smallest absolute Gasteiger partial charge is 0.306 e. The highest BCUT2D eigenvalue weighted by atomic mass is 31.2. The van der Waals surface area contributed by atoms with Crippen molar-refractivity contribution in [2.75, 3.05) is 54.1 Å². The van der Waals surface area contributed by atoms with Gasteiger partial charge in [0.15, 0.2) is 0 Å². The van der Waals surface area contributed by atoms with Gasteiger partial charge >= 0.3 is 5.97 Å². The average Bonchev–Trinajstić information content (AvgIpc) is 3.13. The fourth-order valence-electron chi connectivity index (χ4n) is 5.46. The van der Waals surface area contributed by atoms with Crippen molar-refractivity contribution in [2.24, 2.45) is 0 Å². The fraction of sp³-hybridized carbons (Fsp3) is 0.717. The molecule has 55 heavy (non-hydrogen) atoms. The summed E-state index contributed by atoms with van der Waals surface area (Å²) in [7, 11) is 1.33. The Kier molecular flexibility index (Phi) is 37.3. The molecule has 0 heterocycles. The van der Waals surface area contributed by atoms with E-state index in [4.69, 9.17) is 18.5 Å². The summed E-state index contributed by atoms with van der Waals surface area (Å²) in [4.78, 5) is 25.0. The van der Waals surface area contributed by atoms with Gasteiger partial charge in [0.2, 0.25) is 0 Å². The molecule has 2 atom stereocenters. The number of likely N-dealkylation sites (N-methyl/N-ethyl adjacent to an activating group) is 1. The lowest BCUT2D eigenvalue weighted by molar-refractivity contribution is -0.870. The predicted octanol–water partition coefficient (Wildman–Crippen LogP) is 12.1. The van der Waals surface area contributed by atoms with Crippen LogP contribution in [-0.2, 0) is 27.9 Å². The standard InChI is InChI=1S/C46H82NO7P/c1-6-8-10-12-14-16-18-20-22-23-24-26-28-30-32-34-36-38-41-51-43-45(44-53-55(49,50)52-42-40-47(3,4)5)54-46(48)39-37-35-33-31-29-27-25-21-19-17-15-13-11-9-7-2/h8-11,14-17,20-22,25,45H,6-7,12-13,18-19,23-24,26-44H2,1-5H3/b10-8-,11-9-,16-14-,17-15-,22-20-,25-21-. The van der Waals surface area contributed by atoms with Crippen LogP contribution in [0.1, 0.15) is 155 Å². The molecule has 0 rings (SSSR count). The molecule has 0 aromatic heterocycles. The van der Waals surface area contributed by atoms with Gasteiger partial charge in [-0.3, -0.25) is 9.36 Å². The van der Waals surface area contributed by atoms with Gasteiger partial charge in [-0.2, -0.15) is 0 Å². The van der Waals surface area contributed by atoms with Crippen LogP contribution in [0, 0.1) is 0 Å². The molecule has 0 aromatic carbocycles. The van der Waals surface area contributed by atoms with E-state index in [1.54, 1.807) is 0 Å². The van der Waals surface area contributed by atoms with Gasteiger partial charge in [-0.15, -0.1) is 0 Å². The SMILES string of the molecule is CC/C=C\C/C=C\C/C=C\CCCCCCCCCCOCC(COP(=O)([O-])OCC[N+](C)(C)C)OC(=O)CCCCCCC/C=C\C/C=C\C/C=C\CC. The number of carbonyl (C=O) groups excluding carboxylic acids is 1. The van der Waals surface area contributed by atoms with Crippen LogP contribution in [-0.4, -0.2) is 70.7 Å². The van der Waals surface area contributed by atoms with E-state index in [9.17, 15) is 14.3 Å². The number of quaternary nitrogens is 1. The lowest BCUT2D eigenvalue weighted by Crippen LogP contribution is -2.37. The molecule has 0 amide bonds. The van der Waals surface area contributed by atoms with E-state index in [0.717, 1.165) is 96.3 Å². The van der Waals surface area contributed by atoms with Crippen molar-refractivity contribution in [3.63, 3.8) is 0 Å². The van der Waals surface area contributed by atoms with Gasteiger partial charge in [0.1, 0.15) is 19.3 Å². The maximum absolute atomic E-state index is 12.7. The Hall–Kier alpha value is -2.06. The fourth-order valence-corrected chi connectivity index (χ4v) is 6.18. The van der Waals surface area contributed by atoms with Crippen LogP contribution in [0.5, 0.6) is 0 Å². The highest BCUT2D eigenvalue weighted by Crippen LogP contribution is 2.38. The molecule has 0 N–H and O–H groups in total. The summed E-state index contributed by atoms with van der Waals surface area (Å²) in [6, 6.07) is 0. The Morgan fingerprint density at radius 1 is 0.564 bits per heavy atom. The molecule has 0 aliphatic rings. The predicted molar refractivity (Wildman–Crippen MR) is 231 cm³/mol. The lowest BCUT2D eigenvalue weighted by Gasteiger charge is -2.28. The molecular formula is C46H82NO7P. The molecule has 0 saturated carbocycles. The van der Waals surface area contributed by atoms with Crippen LogP contribution < -0.4 is 4.89 Å². The van der Waals surface area contributed by atoms with Crippen molar-refractivity contribution in [3.8, 4) is 0 Å². The van der Waals surface area contributed by atoms with Gasteiger partial charge in [0, 0.05) is 13.0 Å². The molecule has 2 unspecified atom stereocenters. The first-order valence-corrected chi connectivity index (χ1v) is 23.1. The van der Waals surface area contributed by atoms with Crippen LogP contribution in [0.15, 0.2) is 72.9 Å². The maximum Gasteiger partial charge on any atom is 0.306 e. The molecule has 0 radical (unpaired) electrons. The minimum Gasteiger partial charge on any atom is -0.756 e. The minimum absolute atomic E-state index is 0.0171. The summed E-state index contributed by atoms with van der Waals surface area (Å²) in [5.74, 6) is -0.357. The quantitative estimate of drug-likeness (QED) is 0.0201. The monoisotopic (exact) mass is 792 g/mol. The van der Waals surface area contributed by atoms with Crippen LogP contribution in [0.4, 0.5) is 0 Å². The van der Waals surface area contributed by atoms with Crippen molar-refractivity contribution in [1.29, 1.82) is 0 Å². The van der Waals surface area contributed by atoms with Gasteiger partial charge in [-0.05, 0) is 77.0 Å². The van der Waals surface area contributed by atoms with E-state index < -0.39 is 13.9 Å². The van der Waals surface area contributed by atoms with Crippen molar-refractivity contribution < 1.29 is 37.3 Å². The second-order valence-corrected chi connectivity index (χ2v) is 16.7. The topological polar surface area (TPSA) is 94.1 Å². The normalized spacial score (nSPS) is 14.5. The molecule has 8 nitrogen and oxygen atoms in total. The van der Waals surface area contributed by atoms with Crippen LogP contribution in [0.2, 0.25) is 0 Å². The zero-order chi connectivity index (χ0) is 40.6. The van der Waals surface area contributed by atoms with E-state index in [2.05, 4.69) is 86.8 Å². The number of phosphoric acid groups is 1. The highest BCUT2D eigenvalue weighted by Gasteiger charge is 2.20. The number of nitrogens with zero attached hydrogens (tertiary/aromatic N) is 1. The first-order chi connectivity index (χ1) is 26.6. The average molecular weight is 792 g/mol. The van der Waals surface area contributed by atoms with Gasteiger partial charge < -0.3 is 27.9 Å². The van der Waals surface area contributed by atoms with Gasteiger partial charge in [-0.1, -0.05) is 145 Å². The molecule has 0 fully saturated rings. The number of allylic oxidation sites excluding steroid dienone is 12. The Balaban J connectivity index is 4.28. The summed E-state index contributed by atoms with van der Waals surface area (Å²) in [5, 5.41) is 0. The zero-order valence-corrected chi connectivity index (χ0v) is 36.7. The molecular weight excluding hydrogens is 709 g/mol. The third-order valence-electron chi connectivity index (χ3n) is 8.75. The summed E-state index contributed by atoms with van der Waals surface area (Å²) in [6.07, 6.45) is 49.1. The second kappa shape index (κ2) is 38.8. The Morgan fingerprint density at radius 3 is 1.49 bits per heavy atom. The molecule has 0 bridgehead atoms. The Bertz CT molecular complexity index is 1110. The third kappa shape index (κ3) is 42.9. The lowest BCUT2D eigenvalue weighted by atomic mass is 10.1. The first-order valence-electron chi connectivity index (χ1n) is 21.7. The van der Waals surface area contributed by atoms with Gasteiger partial charge in [0.05, 0.1) is 34.4 Å². The highest BCUT2D eigenvalue weighted by molar-refractivity contribution is 7.45. The molecule has 318 valence electrons. The van der Waals surface area contributed by atoms with Gasteiger partial charge in [-0.25, -0.2) is 0 Å². The molecule has 0 aromatic rings. The number of esters is 1. The summed E-state index contributed by atoms with van der Waals surface area (Å²) < 4.78 is 34.6. The van der Waals surface area contributed by atoms with E-state index >= 15 is 0 Å². The molecule has 9 heteroatoms. The van der Waals surface area contributed by atoms with Crippen molar-refractivity contribution in [2.45, 2.75) is 161 Å². The second-order valence-electron chi connectivity index (χ2n) is 15.3. The maximum atomic E-state index is 12.7. The van der Waals surface area contributed by atoms with Crippen LogP contribution in [0.3, 0.4) is 0 Å². The number of carbonyl (C=O) groups is 1. The van der Waals surface area contributed by atoms with Crippen molar-refractivity contribution in [3.05, 3.63) is 72.9 Å². The van der Waals surface area contributed by atoms with E-state index in [-0.39, 0.29) is 32.2 Å². The van der Waals surface area contributed by atoms with E-state index in [1.165, 1.54) is 38.5 Å². The summed E-state index contributed by atoms with van der Waals surface area (Å²) in [5.41, 5.74) is 0. The Morgan fingerprint density at radius 2 is 1.00 bits per heavy atom. The minimum atomic E-state index is -4.53.